The third-order valence-corrected chi connectivity index (χ3v) is 1.65. The van der Waals surface area contributed by atoms with Crippen LogP contribution in [-0.2, 0) is 4.74 Å². The second-order valence-electron chi connectivity index (χ2n) is 2.62. The Balaban J connectivity index is 2.11. The molecular formula is C6H10F3NO. The van der Waals surface area contributed by atoms with Crippen LogP contribution in [0.3, 0.4) is 0 Å². The van der Waals surface area contributed by atoms with Crippen LogP contribution in [0.25, 0.3) is 0 Å². The summed E-state index contributed by atoms with van der Waals surface area (Å²) in [6.07, 6.45) is -3.70. The fraction of sp³-hybridized carbons (Fsp3) is 1.00. The Kier molecular flexibility index (Phi) is 2.72. The molecule has 0 aliphatic carbocycles. The van der Waals surface area contributed by atoms with E-state index in [1.54, 1.807) is 0 Å². The van der Waals surface area contributed by atoms with E-state index in [1.807, 2.05) is 0 Å². The number of rotatable bonds is 2. The van der Waals surface area contributed by atoms with E-state index < -0.39 is 6.36 Å². The van der Waals surface area contributed by atoms with E-state index in [2.05, 4.69) is 10.1 Å². The Morgan fingerprint density at radius 3 is 2.64 bits per heavy atom. The summed E-state index contributed by atoms with van der Waals surface area (Å²) in [6, 6.07) is 0. The van der Waals surface area contributed by atoms with Crippen LogP contribution in [0.2, 0.25) is 0 Å². The molecule has 0 spiro atoms. The SMILES string of the molecule is FC(F)(F)OC[C@@H]1CCNC1. The molecule has 0 radical (unpaired) electrons. The second-order valence-corrected chi connectivity index (χ2v) is 2.62. The number of halogens is 3. The molecule has 0 aromatic rings. The maximum Gasteiger partial charge on any atom is 0.522 e. The van der Waals surface area contributed by atoms with Crippen molar-refractivity contribution in [2.75, 3.05) is 19.7 Å². The van der Waals surface area contributed by atoms with Crippen molar-refractivity contribution in [1.82, 2.24) is 5.32 Å². The minimum absolute atomic E-state index is 0.0247. The number of nitrogens with one attached hydrogen (secondary N) is 1. The number of hydrogen-bond donors (Lipinski definition) is 1. The molecule has 1 aliphatic heterocycles. The molecule has 0 unspecified atom stereocenters. The van der Waals surface area contributed by atoms with Gasteiger partial charge in [-0.2, -0.15) is 0 Å². The molecule has 0 aromatic carbocycles. The van der Waals surface area contributed by atoms with E-state index in [9.17, 15) is 13.2 Å². The minimum atomic E-state index is -4.47. The lowest BCUT2D eigenvalue weighted by molar-refractivity contribution is -0.327. The van der Waals surface area contributed by atoms with E-state index in [0.29, 0.717) is 6.54 Å². The highest BCUT2D eigenvalue weighted by Gasteiger charge is 2.30. The van der Waals surface area contributed by atoms with Gasteiger partial charge in [0.1, 0.15) is 0 Å². The molecule has 5 heteroatoms. The molecule has 2 nitrogen and oxygen atoms in total. The first-order chi connectivity index (χ1) is 5.08. The smallest absolute Gasteiger partial charge is 0.316 e. The van der Waals surface area contributed by atoms with Gasteiger partial charge in [0.2, 0.25) is 0 Å². The Bertz CT molecular complexity index is 119. The molecule has 0 aromatic heterocycles. The molecule has 1 atom stereocenters. The van der Waals surface area contributed by atoms with Gasteiger partial charge in [-0.3, -0.25) is 4.74 Å². The molecular weight excluding hydrogens is 159 g/mol. The molecule has 1 aliphatic rings. The maximum absolute atomic E-state index is 11.5. The molecule has 1 rings (SSSR count). The first-order valence-electron chi connectivity index (χ1n) is 3.49. The van der Waals surface area contributed by atoms with Gasteiger partial charge in [-0.15, -0.1) is 13.2 Å². The summed E-state index contributed by atoms with van der Waals surface area (Å²) in [6.45, 7) is 1.22. The minimum Gasteiger partial charge on any atom is -0.316 e. The number of hydrogen-bond acceptors (Lipinski definition) is 2. The standard InChI is InChI=1S/C6H10F3NO/c7-6(8,9)11-4-5-1-2-10-3-5/h5,10H,1-4H2/t5-/m1/s1. The lowest BCUT2D eigenvalue weighted by Gasteiger charge is -2.10. The van der Waals surface area contributed by atoms with Gasteiger partial charge >= 0.3 is 6.36 Å². The number of ether oxygens (including phenoxy) is 1. The van der Waals surface area contributed by atoms with Crippen molar-refractivity contribution in [2.24, 2.45) is 5.92 Å². The molecule has 0 saturated carbocycles. The molecule has 1 N–H and O–H groups in total. The summed E-state index contributed by atoms with van der Waals surface area (Å²) in [7, 11) is 0. The van der Waals surface area contributed by atoms with Crippen molar-refractivity contribution in [2.45, 2.75) is 12.8 Å². The van der Waals surface area contributed by atoms with Crippen molar-refractivity contribution in [3.05, 3.63) is 0 Å². The Labute approximate surface area is 62.7 Å². The van der Waals surface area contributed by atoms with Crippen molar-refractivity contribution >= 4 is 0 Å². The zero-order valence-electron chi connectivity index (χ0n) is 5.95. The van der Waals surface area contributed by atoms with Crippen molar-refractivity contribution in [1.29, 1.82) is 0 Å². The fourth-order valence-corrected chi connectivity index (χ4v) is 1.07. The summed E-state index contributed by atoms with van der Waals surface area (Å²) < 4.78 is 38.1. The molecule has 0 bridgehead atoms. The van der Waals surface area contributed by atoms with Gasteiger partial charge in [-0.25, -0.2) is 0 Å². The van der Waals surface area contributed by atoms with Gasteiger partial charge in [0.15, 0.2) is 0 Å². The molecule has 1 fully saturated rings. The summed E-state index contributed by atoms with van der Waals surface area (Å²) in [5.41, 5.74) is 0. The van der Waals surface area contributed by atoms with Crippen LogP contribution < -0.4 is 5.32 Å². The van der Waals surface area contributed by atoms with Crippen molar-refractivity contribution in [3.8, 4) is 0 Å². The highest BCUT2D eigenvalue weighted by molar-refractivity contribution is 4.70. The van der Waals surface area contributed by atoms with Crippen molar-refractivity contribution in [3.63, 3.8) is 0 Å². The lowest BCUT2D eigenvalue weighted by Crippen LogP contribution is -2.21. The van der Waals surface area contributed by atoms with Gasteiger partial charge in [0, 0.05) is 6.54 Å². The van der Waals surface area contributed by atoms with Crippen LogP contribution in [0.15, 0.2) is 0 Å². The second kappa shape index (κ2) is 3.40. The van der Waals surface area contributed by atoms with Gasteiger partial charge in [-0.05, 0) is 18.9 Å². The van der Waals surface area contributed by atoms with Gasteiger partial charge in [-0.1, -0.05) is 0 Å². The van der Waals surface area contributed by atoms with Crippen LogP contribution >= 0.6 is 0 Å². The van der Waals surface area contributed by atoms with E-state index in [4.69, 9.17) is 0 Å². The molecule has 1 saturated heterocycles. The normalized spacial score (nSPS) is 25.9. The zero-order chi connectivity index (χ0) is 8.32. The van der Waals surface area contributed by atoms with Crippen LogP contribution in [-0.4, -0.2) is 26.1 Å². The average Bonchev–Trinajstić information content (AvgIpc) is 2.32. The average molecular weight is 169 g/mol. The third-order valence-electron chi connectivity index (χ3n) is 1.65. The van der Waals surface area contributed by atoms with Crippen LogP contribution in [0.4, 0.5) is 13.2 Å². The van der Waals surface area contributed by atoms with E-state index >= 15 is 0 Å². The lowest BCUT2D eigenvalue weighted by atomic mass is 10.1. The van der Waals surface area contributed by atoms with Crippen LogP contribution in [0.5, 0.6) is 0 Å². The third kappa shape index (κ3) is 3.57. The highest BCUT2D eigenvalue weighted by Crippen LogP contribution is 2.19. The Morgan fingerprint density at radius 2 is 2.18 bits per heavy atom. The largest absolute Gasteiger partial charge is 0.522 e. The molecule has 1 heterocycles. The fourth-order valence-electron chi connectivity index (χ4n) is 1.07. The Morgan fingerprint density at radius 1 is 1.45 bits per heavy atom. The summed E-state index contributed by atoms with van der Waals surface area (Å²) in [4.78, 5) is 0. The number of alkyl halides is 3. The van der Waals surface area contributed by atoms with E-state index in [0.717, 1.165) is 13.0 Å². The predicted molar refractivity (Wildman–Crippen MR) is 33.0 cm³/mol. The van der Waals surface area contributed by atoms with Crippen LogP contribution in [0.1, 0.15) is 6.42 Å². The maximum atomic E-state index is 11.5. The Hall–Kier alpha value is -0.290. The predicted octanol–water partition coefficient (Wildman–Crippen LogP) is 1.13. The first-order valence-corrected chi connectivity index (χ1v) is 3.49. The van der Waals surface area contributed by atoms with Gasteiger partial charge in [0.25, 0.3) is 0 Å². The molecule has 0 amide bonds. The van der Waals surface area contributed by atoms with Gasteiger partial charge < -0.3 is 5.32 Å². The van der Waals surface area contributed by atoms with E-state index in [1.165, 1.54) is 0 Å². The quantitative estimate of drug-likeness (QED) is 0.669. The summed E-state index contributed by atoms with van der Waals surface area (Å²) in [5.74, 6) is 0.0247. The van der Waals surface area contributed by atoms with Crippen molar-refractivity contribution < 1.29 is 17.9 Å². The van der Waals surface area contributed by atoms with Gasteiger partial charge in [0.05, 0.1) is 6.61 Å². The topological polar surface area (TPSA) is 21.3 Å². The first kappa shape index (κ1) is 8.80. The monoisotopic (exact) mass is 169 g/mol. The summed E-state index contributed by atoms with van der Waals surface area (Å²) in [5, 5.41) is 2.96. The van der Waals surface area contributed by atoms with Crippen LogP contribution in [0, 0.1) is 5.92 Å². The molecule has 66 valence electrons. The van der Waals surface area contributed by atoms with E-state index in [-0.39, 0.29) is 12.5 Å². The zero-order valence-corrected chi connectivity index (χ0v) is 5.95. The summed E-state index contributed by atoms with van der Waals surface area (Å²) >= 11 is 0. The highest BCUT2D eigenvalue weighted by atomic mass is 19.4. The molecule has 11 heavy (non-hydrogen) atoms.